The molecule has 1 saturated heterocycles. The van der Waals surface area contributed by atoms with Gasteiger partial charge in [0.05, 0.1) is 36.6 Å². The summed E-state index contributed by atoms with van der Waals surface area (Å²) < 4.78 is 5.38. The maximum atomic E-state index is 9.06. The molecule has 0 unspecified atom stereocenters. The van der Waals surface area contributed by atoms with Gasteiger partial charge in [-0.2, -0.15) is 5.26 Å². The Balaban J connectivity index is 1.91. The molecule has 0 spiro atoms. The highest BCUT2D eigenvalue weighted by atomic mass is 32.2. The van der Waals surface area contributed by atoms with E-state index in [0.29, 0.717) is 0 Å². The Hall–Kier alpha value is -1.68. The number of nitrogens with zero attached hydrogens (tertiary/aromatic N) is 4. The zero-order valence-corrected chi connectivity index (χ0v) is 13.3. The van der Waals surface area contributed by atoms with E-state index in [9.17, 15) is 0 Å². The molecule has 2 heterocycles. The van der Waals surface area contributed by atoms with E-state index in [-0.39, 0.29) is 5.25 Å². The van der Waals surface area contributed by atoms with Crippen LogP contribution in [-0.2, 0) is 11.3 Å². The fourth-order valence-electron chi connectivity index (χ4n) is 2.41. The van der Waals surface area contributed by atoms with Gasteiger partial charge in [-0.25, -0.2) is 9.97 Å². The minimum Gasteiger partial charge on any atom is -0.379 e. The van der Waals surface area contributed by atoms with Crippen molar-refractivity contribution in [3.63, 3.8) is 0 Å². The molecule has 2 aromatic rings. The first-order chi connectivity index (χ1) is 10.8. The van der Waals surface area contributed by atoms with Crippen molar-refractivity contribution in [2.24, 2.45) is 0 Å². The Labute approximate surface area is 134 Å². The van der Waals surface area contributed by atoms with Gasteiger partial charge in [0.15, 0.2) is 0 Å². The molecule has 3 rings (SSSR count). The van der Waals surface area contributed by atoms with Gasteiger partial charge in [0.1, 0.15) is 10.9 Å². The smallest absolute Gasteiger partial charge is 0.144 e. The molecule has 0 amide bonds. The Morgan fingerprint density at radius 1 is 1.32 bits per heavy atom. The molecule has 6 heteroatoms. The summed E-state index contributed by atoms with van der Waals surface area (Å²) >= 11 is 1.49. The van der Waals surface area contributed by atoms with Gasteiger partial charge in [-0.15, -0.1) is 0 Å². The van der Waals surface area contributed by atoms with E-state index in [1.807, 2.05) is 31.2 Å². The third-order valence-electron chi connectivity index (χ3n) is 3.55. The number of benzene rings is 1. The molecule has 0 N–H and O–H groups in total. The lowest BCUT2D eigenvalue weighted by Gasteiger charge is -2.26. The van der Waals surface area contributed by atoms with Crippen LogP contribution in [0.4, 0.5) is 0 Å². The Morgan fingerprint density at radius 3 is 2.86 bits per heavy atom. The predicted octanol–water partition coefficient (Wildman–Crippen LogP) is 2.47. The number of rotatable bonds is 4. The standard InChI is InChI=1S/C16H18N4OS/c1-12(10-17)22-16-13-4-2-3-5-14(13)18-15(19-16)11-20-6-8-21-9-7-20/h2-5,12H,6-9,11H2,1H3/t12-/m0/s1. The van der Waals surface area contributed by atoms with Crippen LogP contribution in [0.1, 0.15) is 12.7 Å². The number of nitriles is 1. The van der Waals surface area contributed by atoms with Crippen molar-refractivity contribution in [3.8, 4) is 6.07 Å². The van der Waals surface area contributed by atoms with Gasteiger partial charge in [0, 0.05) is 18.5 Å². The number of fused-ring (bicyclic) bond motifs is 1. The van der Waals surface area contributed by atoms with E-state index >= 15 is 0 Å². The second-order valence-electron chi connectivity index (χ2n) is 5.24. The van der Waals surface area contributed by atoms with Crippen molar-refractivity contribution < 1.29 is 4.74 Å². The third-order valence-corrected chi connectivity index (χ3v) is 4.55. The lowest BCUT2D eigenvalue weighted by molar-refractivity contribution is 0.0330. The van der Waals surface area contributed by atoms with Crippen LogP contribution in [-0.4, -0.2) is 46.4 Å². The second kappa shape index (κ2) is 7.05. The number of morpholine rings is 1. The molecule has 1 aliphatic rings. The summed E-state index contributed by atoms with van der Waals surface area (Å²) in [6, 6.07) is 10.2. The zero-order valence-electron chi connectivity index (χ0n) is 12.5. The Kier molecular flexibility index (Phi) is 4.88. The van der Waals surface area contributed by atoms with Crippen LogP contribution in [0.15, 0.2) is 29.3 Å². The first-order valence-corrected chi connectivity index (χ1v) is 8.26. The van der Waals surface area contributed by atoms with Crippen molar-refractivity contribution in [3.05, 3.63) is 30.1 Å². The molecule has 1 aromatic heterocycles. The number of para-hydroxylation sites is 1. The number of thioether (sulfide) groups is 1. The van der Waals surface area contributed by atoms with E-state index in [1.165, 1.54) is 11.8 Å². The number of aromatic nitrogens is 2. The van der Waals surface area contributed by atoms with Crippen molar-refractivity contribution in [2.45, 2.75) is 23.7 Å². The summed E-state index contributed by atoms with van der Waals surface area (Å²) in [5.41, 5.74) is 0.938. The average molecular weight is 314 g/mol. The monoisotopic (exact) mass is 314 g/mol. The van der Waals surface area contributed by atoms with Crippen LogP contribution in [0.5, 0.6) is 0 Å². The maximum absolute atomic E-state index is 9.06. The van der Waals surface area contributed by atoms with E-state index in [4.69, 9.17) is 15.0 Å². The van der Waals surface area contributed by atoms with Gasteiger partial charge in [-0.1, -0.05) is 30.0 Å². The van der Waals surface area contributed by atoms with Crippen molar-refractivity contribution in [1.82, 2.24) is 14.9 Å². The molecule has 5 nitrogen and oxygen atoms in total. The highest BCUT2D eigenvalue weighted by molar-refractivity contribution is 8.00. The van der Waals surface area contributed by atoms with Crippen LogP contribution in [0.25, 0.3) is 10.9 Å². The third kappa shape index (κ3) is 3.55. The van der Waals surface area contributed by atoms with Gasteiger partial charge in [0.25, 0.3) is 0 Å². The molecule has 0 aliphatic carbocycles. The van der Waals surface area contributed by atoms with Crippen LogP contribution in [0.2, 0.25) is 0 Å². The SMILES string of the molecule is C[C@@H](C#N)Sc1nc(CN2CCOCC2)nc2ccccc12. The molecule has 1 fully saturated rings. The average Bonchev–Trinajstić information content (AvgIpc) is 2.55. The van der Waals surface area contributed by atoms with Crippen LogP contribution >= 0.6 is 11.8 Å². The molecule has 1 aromatic carbocycles. The molecule has 114 valence electrons. The normalized spacial score (nSPS) is 17.3. The zero-order chi connectivity index (χ0) is 15.4. The van der Waals surface area contributed by atoms with Gasteiger partial charge in [-0.05, 0) is 13.0 Å². The van der Waals surface area contributed by atoms with E-state index in [1.54, 1.807) is 0 Å². The fraction of sp³-hybridized carbons (Fsp3) is 0.438. The van der Waals surface area contributed by atoms with E-state index in [2.05, 4.69) is 16.0 Å². The van der Waals surface area contributed by atoms with Gasteiger partial charge in [-0.3, -0.25) is 4.90 Å². The summed E-state index contributed by atoms with van der Waals surface area (Å²) in [5.74, 6) is 0.813. The van der Waals surface area contributed by atoms with Crippen LogP contribution < -0.4 is 0 Å². The summed E-state index contributed by atoms with van der Waals surface area (Å²) in [6.07, 6.45) is 0. The Bertz CT molecular complexity index is 694. The molecule has 1 aliphatic heterocycles. The molecular weight excluding hydrogens is 296 g/mol. The van der Waals surface area contributed by atoms with Crippen LogP contribution in [0.3, 0.4) is 0 Å². The summed E-state index contributed by atoms with van der Waals surface area (Å²) in [5, 5.41) is 10.8. The number of hydrogen-bond acceptors (Lipinski definition) is 6. The second-order valence-corrected chi connectivity index (χ2v) is 6.57. The van der Waals surface area contributed by atoms with E-state index < -0.39 is 0 Å². The highest BCUT2D eigenvalue weighted by Gasteiger charge is 2.15. The molecule has 1 atom stereocenters. The van der Waals surface area contributed by atoms with Crippen LogP contribution in [0, 0.1) is 11.3 Å². The summed E-state index contributed by atoms with van der Waals surface area (Å²) in [6.45, 7) is 5.97. The summed E-state index contributed by atoms with van der Waals surface area (Å²) in [7, 11) is 0. The summed E-state index contributed by atoms with van der Waals surface area (Å²) in [4.78, 5) is 11.7. The molecule has 22 heavy (non-hydrogen) atoms. The first-order valence-electron chi connectivity index (χ1n) is 7.38. The van der Waals surface area contributed by atoms with Gasteiger partial charge in [0.2, 0.25) is 0 Å². The first kappa shape index (κ1) is 15.2. The minimum atomic E-state index is -0.130. The number of ether oxygens (including phenoxy) is 1. The molecule has 0 radical (unpaired) electrons. The lowest BCUT2D eigenvalue weighted by Crippen LogP contribution is -2.36. The van der Waals surface area contributed by atoms with Crippen molar-refractivity contribution >= 4 is 22.7 Å². The molecule has 0 bridgehead atoms. The predicted molar refractivity (Wildman–Crippen MR) is 86.6 cm³/mol. The fourth-order valence-corrected chi connectivity index (χ4v) is 3.25. The van der Waals surface area contributed by atoms with Crippen molar-refractivity contribution in [1.29, 1.82) is 5.26 Å². The molecular formula is C16H18N4OS. The molecule has 0 saturated carbocycles. The Morgan fingerprint density at radius 2 is 2.09 bits per heavy atom. The minimum absolute atomic E-state index is 0.130. The number of hydrogen-bond donors (Lipinski definition) is 0. The largest absolute Gasteiger partial charge is 0.379 e. The quantitative estimate of drug-likeness (QED) is 0.638. The van der Waals surface area contributed by atoms with E-state index in [0.717, 1.165) is 54.6 Å². The topological polar surface area (TPSA) is 62.0 Å². The maximum Gasteiger partial charge on any atom is 0.144 e. The van der Waals surface area contributed by atoms with Crippen molar-refractivity contribution in [2.75, 3.05) is 26.3 Å². The lowest BCUT2D eigenvalue weighted by atomic mass is 10.2. The van der Waals surface area contributed by atoms with Gasteiger partial charge < -0.3 is 4.74 Å². The van der Waals surface area contributed by atoms with Gasteiger partial charge >= 0.3 is 0 Å². The highest BCUT2D eigenvalue weighted by Crippen LogP contribution is 2.28.